The number of carboxylic acid groups (broad SMARTS) is 2. The molecule has 0 bridgehead atoms. The maximum absolute atomic E-state index is 11.1. The lowest BCUT2D eigenvalue weighted by Crippen LogP contribution is -2.19. The summed E-state index contributed by atoms with van der Waals surface area (Å²) >= 11 is 0. The molecule has 0 saturated carbocycles. The highest BCUT2D eigenvalue weighted by atomic mass is 16.5. The molecule has 3 N–H and O–H groups in total. The van der Waals surface area contributed by atoms with Crippen LogP contribution in [0.5, 0.6) is 0 Å². The van der Waals surface area contributed by atoms with Crippen LogP contribution in [0.2, 0.25) is 0 Å². The molecule has 0 amide bonds. The Morgan fingerprint density at radius 1 is 1.15 bits per heavy atom. The Morgan fingerprint density at radius 2 is 1.75 bits per heavy atom. The first-order chi connectivity index (χ1) is 9.31. The fourth-order valence-corrected chi connectivity index (χ4v) is 1.78. The van der Waals surface area contributed by atoms with E-state index in [0.29, 0.717) is 12.0 Å². The van der Waals surface area contributed by atoms with Crippen LogP contribution in [0.3, 0.4) is 0 Å². The minimum atomic E-state index is -1.28. The van der Waals surface area contributed by atoms with Crippen LogP contribution in [0, 0.1) is 0 Å². The first kappa shape index (κ1) is 16.1. The largest absolute Gasteiger partial charge is 0.478 e. The lowest BCUT2D eigenvalue weighted by Gasteiger charge is -2.15. The van der Waals surface area contributed by atoms with E-state index in [1.807, 2.05) is 0 Å². The van der Waals surface area contributed by atoms with Gasteiger partial charge in [0, 0.05) is 0 Å². The number of aliphatic hydroxyl groups is 1. The van der Waals surface area contributed by atoms with Crippen molar-refractivity contribution in [1.82, 2.24) is 0 Å². The zero-order chi connectivity index (χ0) is 15.3. The molecule has 0 fully saturated rings. The minimum Gasteiger partial charge on any atom is -0.478 e. The Labute approximate surface area is 116 Å². The van der Waals surface area contributed by atoms with E-state index in [1.165, 1.54) is 12.1 Å². The van der Waals surface area contributed by atoms with Crippen LogP contribution in [-0.2, 0) is 11.2 Å². The van der Waals surface area contributed by atoms with Crippen LogP contribution in [-0.4, -0.2) is 46.1 Å². The summed E-state index contributed by atoms with van der Waals surface area (Å²) in [5.41, 5.74) is 0.196. The number of benzene rings is 1. The monoisotopic (exact) mass is 282 g/mol. The molecule has 20 heavy (non-hydrogen) atoms. The van der Waals surface area contributed by atoms with E-state index in [2.05, 4.69) is 0 Å². The van der Waals surface area contributed by atoms with E-state index in [0.717, 1.165) is 0 Å². The molecule has 6 heteroatoms. The second-order valence-corrected chi connectivity index (χ2v) is 4.69. The number of carbonyl (C=O) groups is 2. The van der Waals surface area contributed by atoms with Crippen LogP contribution in [0.4, 0.5) is 0 Å². The van der Waals surface area contributed by atoms with Crippen molar-refractivity contribution in [2.75, 3.05) is 6.61 Å². The highest BCUT2D eigenvalue weighted by molar-refractivity contribution is 6.01. The maximum Gasteiger partial charge on any atom is 0.336 e. The van der Waals surface area contributed by atoms with E-state index in [9.17, 15) is 9.59 Å². The SMILES string of the molecule is CC(O)COC(C)Cc1ccc(C(=O)O)c(C(=O)O)c1. The van der Waals surface area contributed by atoms with E-state index in [1.54, 1.807) is 19.9 Å². The number of aromatic carboxylic acids is 2. The van der Waals surface area contributed by atoms with E-state index < -0.39 is 18.0 Å². The smallest absolute Gasteiger partial charge is 0.336 e. The molecule has 1 rings (SSSR count). The second kappa shape index (κ2) is 7.02. The number of aliphatic hydroxyl groups excluding tert-OH is 1. The van der Waals surface area contributed by atoms with Gasteiger partial charge in [0.25, 0.3) is 0 Å². The summed E-state index contributed by atoms with van der Waals surface area (Å²) in [6, 6.07) is 4.19. The molecule has 1 aromatic carbocycles. The van der Waals surface area contributed by atoms with Gasteiger partial charge in [-0.2, -0.15) is 0 Å². The van der Waals surface area contributed by atoms with E-state index in [-0.39, 0.29) is 23.8 Å². The van der Waals surface area contributed by atoms with Gasteiger partial charge in [-0.3, -0.25) is 0 Å². The van der Waals surface area contributed by atoms with Gasteiger partial charge in [-0.1, -0.05) is 6.07 Å². The van der Waals surface area contributed by atoms with Crippen molar-refractivity contribution < 1.29 is 29.6 Å². The van der Waals surface area contributed by atoms with E-state index in [4.69, 9.17) is 20.1 Å². The molecular formula is C14H18O6. The zero-order valence-corrected chi connectivity index (χ0v) is 11.4. The first-order valence-electron chi connectivity index (χ1n) is 6.20. The van der Waals surface area contributed by atoms with Crippen LogP contribution in [0.25, 0.3) is 0 Å². The summed E-state index contributed by atoms with van der Waals surface area (Å²) < 4.78 is 5.37. The van der Waals surface area contributed by atoms with Crippen molar-refractivity contribution in [3.05, 3.63) is 34.9 Å². The van der Waals surface area contributed by atoms with Gasteiger partial charge < -0.3 is 20.1 Å². The lowest BCUT2D eigenvalue weighted by molar-refractivity contribution is 0.00583. The molecule has 0 saturated heterocycles. The van der Waals surface area contributed by atoms with Crippen molar-refractivity contribution in [1.29, 1.82) is 0 Å². The van der Waals surface area contributed by atoms with Crippen molar-refractivity contribution >= 4 is 11.9 Å². The quantitative estimate of drug-likeness (QED) is 0.698. The number of rotatable bonds is 7. The van der Waals surface area contributed by atoms with Gasteiger partial charge in [-0.05, 0) is 38.0 Å². The van der Waals surface area contributed by atoms with Gasteiger partial charge in [0.05, 0.1) is 29.9 Å². The summed E-state index contributed by atoms with van der Waals surface area (Å²) in [5.74, 6) is -2.55. The fraction of sp³-hybridized carbons (Fsp3) is 0.429. The maximum atomic E-state index is 11.1. The molecular weight excluding hydrogens is 264 g/mol. The van der Waals surface area contributed by atoms with Crippen LogP contribution in [0.15, 0.2) is 18.2 Å². The van der Waals surface area contributed by atoms with Crippen molar-refractivity contribution in [3.63, 3.8) is 0 Å². The van der Waals surface area contributed by atoms with Gasteiger partial charge in [-0.15, -0.1) is 0 Å². The highest BCUT2D eigenvalue weighted by Crippen LogP contribution is 2.15. The summed E-state index contributed by atoms with van der Waals surface area (Å²) in [4.78, 5) is 22.0. The molecule has 2 atom stereocenters. The van der Waals surface area contributed by atoms with Crippen LogP contribution in [0.1, 0.15) is 40.1 Å². The molecule has 0 radical (unpaired) electrons. The molecule has 110 valence electrons. The summed E-state index contributed by atoms with van der Waals surface area (Å²) in [6.45, 7) is 3.60. The Kier molecular flexibility index (Phi) is 5.66. The van der Waals surface area contributed by atoms with Crippen molar-refractivity contribution in [3.8, 4) is 0 Å². The number of ether oxygens (including phenoxy) is 1. The highest BCUT2D eigenvalue weighted by Gasteiger charge is 2.17. The third kappa shape index (κ3) is 4.64. The second-order valence-electron chi connectivity index (χ2n) is 4.69. The normalized spacial score (nSPS) is 13.8. The molecule has 0 aliphatic rings. The third-order valence-corrected chi connectivity index (χ3v) is 2.69. The molecule has 1 aromatic rings. The molecule has 0 aliphatic heterocycles. The Balaban J connectivity index is 2.84. The summed E-state index contributed by atoms with van der Waals surface area (Å²) in [5, 5.41) is 27.1. The topological polar surface area (TPSA) is 104 Å². The molecule has 0 aromatic heterocycles. The third-order valence-electron chi connectivity index (χ3n) is 2.69. The first-order valence-corrected chi connectivity index (χ1v) is 6.20. The van der Waals surface area contributed by atoms with Crippen molar-refractivity contribution in [2.24, 2.45) is 0 Å². The molecule has 0 aliphatic carbocycles. The Hall–Kier alpha value is -1.92. The average molecular weight is 282 g/mol. The predicted octanol–water partition coefficient (Wildman–Crippen LogP) is 1.41. The van der Waals surface area contributed by atoms with E-state index >= 15 is 0 Å². The molecule has 0 heterocycles. The fourth-order valence-electron chi connectivity index (χ4n) is 1.78. The lowest BCUT2D eigenvalue weighted by atomic mass is 10.0. The molecule has 6 nitrogen and oxygen atoms in total. The van der Waals surface area contributed by atoms with Crippen LogP contribution < -0.4 is 0 Å². The number of hydrogen-bond donors (Lipinski definition) is 3. The summed E-state index contributed by atoms with van der Waals surface area (Å²) in [7, 11) is 0. The zero-order valence-electron chi connectivity index (χ0n) is 11.4. The van der Waals surface area contributed by atoms with Gasteiger partial charge >= 0.3 is 11.9 Å². The van der Waals surface area contributed by atoms with Gasteiger partial charge in [0.15, 0.2) is 0 Å². The Bertz CT molecular complexity index is 494. The van der Waals surface area contributed by atoms with Crippen molar-refractivity contribution in [2.45, 2.75) is 32.5 Å². The summed E-state index contributed by atoms with van der Waals surface area (Å²) in [6.07, 6.45) is -0.337. The number of carboxylic acids is 2. The Morgan fingerprint density at radius 3 is 2.25 bits per heavy atom. The van der Waals surface area contributed by atoms with Gasteiger partial charge in [-0.25, -0.2) is 9.59 Å². The van der Waals surface area contributed by atoms with Gasteiger partial charge in [0.1, 0.15) is 0 Å². The standard InChI is InChI=1S/C14H18O6/c1-8(15)7-20-9(2)5-10-3-4-11(13(16)17)12(6-10)14(18)19/h3-4,6,8-9,15H,5,7H2,1-2H3,(H,16,17)(H,18,19). The molecule has 0 spiro atoms. The van der Waals surface area contributed by atoms with Gasteiger partial charge in [0.2, 0.25) is 0 Å². The average Bonchev–Trinajstić information content (AvgIpc) is 2.35. The van der Waals surface area contributed by atoms with Crippen LogP contribution >= 0.6 is 0 Å². The predicted molar refractivity (Wildman–Crippen MR) is 71.2 cm³/mol. The minimum absolute atomic E-state index is 0.195. The number of hydrogen-bond acceptors (Lipinski definition) is 4. The molecule has 2 unspecified atom stereocenters.